The summed E-state index contributed by atoms with van der Waals surface area (Å²) in [4.78, 5) is 0. The topological polar surface area (TPSA) is 36.9 Å². The lowest BCUT2D eigenvalue weighted by molar-refractivity contribution is 0.00894. The molecule has 1 heterocycles. The van der Waals surface area contributed by atoms with E-state index in [1.54, 1.807) is 11.3 Å². The summed E-state index contributed by atoms with van der Waals surface area (Å²) in [5.74, 6) is 0.957. The number of aryl methyl sites for hydroxylation is 1. The monoisotopic (exact) mass is 302 g/mol. The van der Waals surface area contributed by atoms with E-state index < -0.39 is 0 Å². The Morgan fingerprint density at radius 3 is 2.00 bits per heavy atom. The summed E-state index contributed by atoms with van der Waals surface area (Å²) in [6.07, 6.45) is 2.29. The van der Waals surface area contributed by atoms with Gasteiger partial charge in [-0.15, -0.1) is 11.3 Å². The maximum atomic E-state index is 5.58. The molecule has 0 spiro atoms. The highest BCUT2D eigenvalue weighted by Crippen LogP contribution is 2.21. The van der Waals surface area contributed by atoms with Gasteiger partial charge in [0.1, 0.15) is 12.4 Å². The van der Waals surface area contributed by atoms with Crippen molar-refractivity contribution in [2.24, 2.45) is 0 Å². The smallest absolute Gasteiger partial charge is 0.132 e. The molecule has 0 N–H and O–H groups in total. The third kappa shape index (κ3) is 8.53. The molecule has 0 bridgehead atoms. The van der Waals surface area contributed by atoms with Crippen LogP contribution in [0.3, 0.4) is 0 Å². The molecule has 20 heavy (non-hydrogen) atoms. The average Bonchev–Trinajstić information content (AvgIpc) is 2.85. The molecule has 0 aliphatic carbocycles. The Hall–Kier alpha value is -0.620. The van der Waals surface area contributed by atoms with Gasteiger partial charge in [-0.25, -0.2) is 0 Å². The van der Waals surface area contributed by atoms with Gasteiger partial charge in [0.05, 0.1) is 33.0 Å². The molecule has 0 aliphatic rings. The first-order valence-electron chi connectivity index (χ1n) is 7.23. The van der Waals surface area contributed by atoms with Crippen molar-refractivity contribution in [3.63, 3.8) is 0 Å². The average molecular weight is 302 g/mol. The van der Waals surface area contributed by atoms with Crippen LogP contribution in [0.5, 0.6) is 5.75 Å². The number of unbranched alkanes of at least 4 members (excludes halogenated alkanes) is 1. The zero-order valence-electron chi connectivity index (χ0n) is 12.6. The van der Waals surface area contributed by atoms with Crippen LogP contribution < -0.4 is 4.74 Å². The number of ether oxygens (including phenoxy) is 4. The minimum Gasteiger partial charge on any atom is -0.490 e. The van der Waals surface area contributed by atoms with Gasteiger partial charge in [-0.05, 0) is 18.7 Å². The molecule has 5 heteroatoms. The van der Waals surface area contributed by atoms with E-state index >= 15 is 0 Å². The first-order chi connectivity index (χ1) is 9.84. The quantitative estimate of drug-likeness (QED) is 0.524. The van der Waals surface area contributed by atoms with E-state index in [0.717, 1.165) is 18.8 Å². The Kier molecular flexibility index (Phi) is 10.6. The van der Waals surface area contributed by atoms with Crippen LogP contribution in [0.4, 0.5) is 0 Å². The highest BCUT2D eigenvalue weighted by atomic mass is 32.1. The Bertz CT molecular complexity index is 327. The van der Waals surface area contributed by atoms with E-state index in [2.05, 4.69) is 12.3 Å². The summed E-state index contributed by atoms with van der Waals surface area (Å²) in [7, 11) is 0. The number of thiophene rings is 1. The van der Waals surface area contributed by atoms with Crippen LogP contribution in [0, 0.1) is 6.92 Å². The van der Waals surface area contributed by atoms with Crippen molar-refractivity contribution >= 4 is 11.3 Å². The molecule has 0 saturated carbocycles. The zero-order chi connectivity index (χ0) is 14.5. The van der Waals surface area contributed by atoms with Crippen LogP contribution in [-0.4, -0.2) is 46.2 Å². The third-order valence-electron chi connectivity index (χ3n) is 2.68. The second-order valence-electron chi connectivity index (χ2n) is 4.46. The van der Waals surface area contributed by atoms with Crippen molar-refractivity contribution in [2.75, 3.05) is 46.2 Å². The third-order valence-corrected chi connectivity index (χ3v) is 3.52. The fourth-order valence-electron chi connectivity index (χ4n) is 1.50. The van der Waals surface area contributed by atoms with Crippen LogP contribution in [-0.2, 0) is 14.2 Å². The first kappa shape index (κ1) is 17.4. The van der Waals surface area contributed by atoms with E-state index in [9.17, 15) is 0 Å². The van der Waals surface area contributed by atoms with Crippen LogP contribution in [0.25, 0.3) is 0 Å². The molecule has 1 aromatic rings. The fourth-order valence-corrected chi connectivity index (χ4v) is 2.26. The summed E-state index contributed by atoms with van der Waals surface area (Å²) in [6, 6.07) is 0. The first-order valence-corrected chi connectivity index (χ1v) is 8.17. The normalized spacial score (nSPS) is 10.9. The maximum Gasteiger partial charge on any atom is 0.132 e. The van der Waals surface area contributed by atoms with E-state index in [1.165, 1.54) is 12.0 Å². The van der Waals surface area contributed by atoms with Crippen molar-refractivity contribution in [3.05, 3.63) is 16.3 Å². The second-order valence-corrected chi connectivity index (χ2v) is 5.20. The van der Waals surface area contributed by atoms with Gasteiger partial charge in [0, 0.05) is 17.6 Å². The zero-order valence-corrected chi connectivity index (χ0v) is 13.4. The molecule has 0 saturated heterocycles. The van der Waals surface area contributed by atoms with Gasteiger partial charge in [0.25, 0.3) is 0 Å². The van der Waals surface area contributed by atoms with Crippen LogP contribution in [0.2, 0.25) is 0 Å². The van der Waals surface area contributed by atoms with E-state index in [4.69, 9.17) is 18.9 Å². The molecule has 4 nitrogen and oxygen atoms in total. The van der Waals surface area contributed by atoms with Crippen molar-refractivity contribution < 1.29 is 18.9 Å². The molecule has 116 valence electrons. The largest absolute Gasteiger partial charge is 0.490 e. The van der Waals surface area contributed by atoms with Gasteiger partial charge in [-0.2, -0.15) is 0 Å². The van der Waals surface area contributed by atoms with Gasteiger partial charge in [0.2, 0.25) is 0 Å². The van der Waals surface area contributed by atoms with Gasteiger partial charge < -0.3 is 18.9 Å². The summed E-state index contributed by atoms with van der Waals surface area (Å²) in [6.45, 7) is 8.70. The fraction of sp³-hybridized carbons (Fsp3) is 0.733. The summed E-state index contributed by atoms with van der Waals surface area (Å²) in [5, 5.41) is 4.09. The SMILES string of the molecule is CCCCOCCOCCOCCOc1cscc1C. The Morgan fingerprint density at radius 1 is 0.850 bits per heavy atom. The molecule has 1 aromatic heterocycles. The van der Waals surface area contributed by atoms with E-state index in [-0.39, 0.29) is 0 Å². The number of hydrogen-bond acceptors (Lipinski definition) is 5. The van der Waals surface area contributed by atoms with Crippen molar-refractivity contribution in [3.8, 4) is 5.75 Å². The second kappa shape index (κ2) is 12.1. The van der Waals surface area contributed by atoms with Crippen molar-refractivity contribution in [1.29, 1.82) is 0 Å². The van der Waals surface area contributed by atoms with Gasteiger partial charge in [0.15, 0.2) is 0 Å². The Morgan fingerprint density at radius 2 is 1.45 bits per heavy atom. The van der Waals surface area contributed by atoms with Gasteiger partial charge >= 0.3 is 0 Å². The lowest BCUT2D eigenvalue weighted by Crippen LogP contribution is -2.13. The molecule has 0 aromatic carbocycles. The summed E-state index contributed by atoms with van der Waals surface area (Å²) in [5.41, 5.74) is 1.18. The predicted molar refractivity (Wildman–Crippen MR) is 81.9 cm³/mol. The van der Waals surface area contributed by atoms with Crippen molar-refractivity contribution in [2.45, 2.75) is 26.7 Å². The number of rotatable bonds is 13. The van der Waals surface area contributed by atoms with Crippen LogP contribution >= 0.6 is 11.3 Å². The van der Waals surface area contributed by atoms with Crippen LogP contribution in [0.1, 0.15) is 25.3 Å². The van der Waals surface area contributed by atoms with E-state index in [0.29, 0.717) is 39.6 Å². The van der Waals surface area contributed by atoms with Gasteiger partial charge in [-0.3, -0.25) is 0 Å². The molecular formula is C15H26O4S. The minimum absolute atomic E-state index is 0.581. The molecular weight excluding hydrogens is 276 g/mol. The molecule has 0 fully saturated rings. The van der Waals surface area contributed by atoms with Gasteiger partial charge in [-0.1, -0.05) is 13.3 Å². The van der Waals surface area contributed by atoms with Crippen LogP contribution in [0.15, 0.2) is 10.8 Å². The maximum absolute atomic E-state index is 5.58. The highest BCUT2D eigenvalue weighted by Gasteiger charge is 1.99. The molecule has 0 aliphatic heterocycles. The lowest BCUT2D eigenvalue weighted by Gasteiger charge is -2.07. The predicted octanol–water partition coefficient (Wildman–Crippen LogP) is 3.29. The summed E-state index contributed by atoms with van der Waals surface area (Å²) < 4.78 is 21.8. The number of hydrogen-bond donors (Lipinski definition) is 0. The standard InChI is InChI=1S/C15H26O4S/c1-3-4-5-16-6-7-17-8-9-18-10-11-19-15-13-20-12-14(15)2/h12-13H,3-11H2,1-2H3. The highest BCUT2D eigenvalue weighted by molar-refractivity contribution is 7.08. The van der Waals surface area contributed by atoms with Crippen molar-refractivity contribution in [1.82, 2.24) is 0 Å². The molecule has 1 rings (SSSR count). The molecule has 0 radical (unpaired) electrons. The molecule has 0 amide bonds. The molecule has 0 unspecified atom stereocenters. The Balaban J connectivity index is 1.78. The minimum atomic E-state index is 0.581. The lowest BCUT2D eigenvalue weighted by atomic mass is 10.4. The summed E-state index contributed by atoms with van der Waals surface area (Å²) >= 11 is 1.65. The van der Waals surface area contributed by atoms with E-state index in [1.807, 2.05) is 12.3 Å². The molecule has 0 atom stereocenters. The Labute approximate surface area is 126 Å².